The van der Waals surface area contributed by atoms with E-state index in [-0.39, 0.29) is 11.5 Å². The first-order valence-corrected chi connectivity index (χ1v) is 6.94. The molecule has 1 saturated carbocycles. The van der Waals surface area contributed by atoms with Crippen LogP contribution in [0.5, 0.6) is 0 Å². The van der Waals surface area contributed by atoms with Crippen molar-refractivity contribution in [2.45, 2.75) is 29.4 Å². The molecule has 2 N–H and O–H groups in total. The van der Waals surface area contributed by atoms with Crippen LogP contribution in [0.25, 0.3) is 0 Å². The van der Waals surface area contributed by atoms with Crippen molar-refractivity contribution in [1.82, 2.24) is 0 Å². The monoisotopic (exact) mass is 259 g/mol. The van der Waals surface area contributed by atoms with Crippen molar-refractivity contribution in [3.63, 3.8) is 0 Å². The zero-order chi connectivity index (χ0) is 12.5. The zero-order valence-electron chi connectivity index (χ0n) is 9.23. The van der Waals surface area contributed by atoms with E-state index >= 15 is 0 Å². The zero-order valence-corrected chi connectivity index (χ0v) is 10.0. The van der Waals surface area contributed by atoms with Crippen LogP contribution in [0, 0.1) is 5.82 Å². The molecular weight excluding hydrogens is 245 g/mol. The number of benzene rings is 1. The van der Waals surface area contributed by atoms with Gasteiger partial charge < -0.3 is 4.84 Å². The Balaban J connectivity index is 2.25. The number of halogens is 1. The number of nitrogens with two attached hydrogens (primary N) is 1. The van der Waals surface area contributed by atoms with Crippen LogP contribution in [0.3, 0.4) is 0 Å². The van der Waals surface area contributed by atoms with Gasteiger partial charge in [0.2, 0.25) is 0 Å². The molecule has 0 saturated heterocycles. The lowest BCUT2D eigenvalue weighted by atomic mass is 10.1. The fourth-order valence-corrected chi connectivity index (χ4v) is 3.37. The van der Waals surface area contributed by atoms with Crippen LogP contribution in [0.1, 0.15) is 18.4 Å². The first kappa shape index (κ1) is 12.5. The number of sulfone groups is 1. The van der Waals surface area contributed by atoms with E-state index in [1.54, 1.807) is 6.07 Å². The standard InChI is InChI=1S/C11H14FNO3S/c12-10-7-8(5-6-16-13)1-4-11(10)17(14,15)9-2-3-9/h1,4,7,9H,2-3,5-6,13H2. The van der Waals surface area contributed by atoms with Gasteiger partial charge in [0.25, 0.3) is 0 Å². The fourth-order valence-electron chi connectivity index (χ4n) is 1.67. The first-order chi connectivity index (χ1) is 8.05. The van der Waals surface area contributed by atoms with Crippen LogP contribution in [0.2, 0.25) is 0 Å². The summed E-state index contributed by atoms with van der Waals surface area (Å²) in [7, 11) is -3.46. The van der Waals surface area contributed by atoms with Gasteiger partial charge in [-0.3, -0.25) is 0 Å². The van der Waals surface area contributed by atoms with Crippen molar-refractivity contribution in [2.75, 3.05) is 6.61 Å². The van der Waals surface area contributed by atoms with Crippen molar-refractivity contribution in [2.24, 2.45) is 5.90 Å². The highest BCUT2D eigenvalue weighted by molar-refractivity contribution is 7.92. The second-order valence-electron chi connectivity index (χ2n) is 4.13. The van der Waals surface area contributed by atoms with Crippen LogP contribution < -0.4 is 5.90 Å². The van der Waals surface area contributed by atoms with Crippen molar-refractivity contribution < 1.29 is 17.6 Å². The van der Waals surface area contributed by atoms with E-state index in [1.165, 1.54) is 12.1 Å². The SMILES string of the molecule is NOCCc1ccc(S(=O)(=O)C2CC2)c(F)c1. The first-order valence-electron chi connectivity index (χ1n) is 5.39. The van der Waals surface area contributed by atoms with E-state index in [4.69, 9.17) is 5.90 Å². The molecule has 0 radical (unpaired) electrons. The minimum absolute atomic E-state index is 0.197. The maximum Gasteiger partial charge on any atom is 0.184 e. The summed E-state index contributed by atoms with van der Waals surface area (Å²) in [6.45, 7) is 0.272. The number of hydrogen-bond acceptors (Lipinski definition) is 4. The molecule has 2 rings (SSSR count). The molecule has 0 aromatic heterocycles. The Morgan fingerprint density at radius 1 is 1.41 bits per heavy atom. The quantitative estimate of drug-likeness (QED) is 0.806. The van der Waals surface area contributed by atoms with E-state index in [2.05, 4.69) is 4.84 Å². The van der Waals surface area contributed by atoms with Gasteiger partial charge in [-0.25, -0.2) is 18.7 Å². The maximum atomic E-state index is 13.7. The molecule has 4 nitrogen and oxygen atoms in total. The Bertz CT molecular complexity index is 511. The lowest BCUT2D eigenvalue weighted by molar-refractivity contribution is 0.141. The van der Waals surface area contributed by atoms with Gasteiger partial charge >= 0.3 is 0 Å². The molecule has 6 heteroatoms. The van der Waals surface area contributed by atoms with Gasteiger partial charge in [0.1, 0.15) is 10.7 Å². The molecule has 0 spiro atoms. The Hall–Kier alpha value is -0.980. The van der Waals surface area contributed by atoms with Gasteiger partial charge in [0.15, 0.2) is 9.84 Å². The van der Waals surface area contributed by atoms with Crippen molar-refractivity contribution in [3.05, 3.63) is 29.6 Å². The summed E-state index contributed by atoms with van der Waals surface area (Å²) in [6, 6.07) is 4.15. The van der Waals surface area contributed by atoms with Gasteiger partial charge in [-0.15, -0.1) is 0 Å². The van der Waals surface area contributed by atoms with Crippen LogP contribution in [-0.4, -0.2) is 20.3 Å². The van der Waals surface area contributed by atoms with Crippen LogP contribution in [0.15, 0.2) is 23.1 Å². The van der Waals surface area contributed by atoms with E-state index in [0.717, 1.165) is 0 Å². The van der Waals surface area contributed by atoms with E-state index in [1.807, 2.05) is 0 Å². The molecule has 0 bridgehead atoms. The van der Waals surface area contributed by atoms with Gasteiger partial charge in [-0.1, -0.05) is 6.07 Å². The maximum absolute atomic E-state index is 13.7. The Morgan fingerprint density at radius 3 is 2.65 bits per heavy atom. The Kier molecular flexibility index (Phi) is 3.46. The number of hydrogen-bond donors (Lipinski definition) is 1. The normalized spacial score (nSPS) is 16.1. The predicted molar refractivity (Wildman–Crippen MR) is 60.5 cm³/mol. The molecule has 1 aliphatic carbocycles. The summed E-state index contributed by atoms with van der Waals surface area (Å²) in [5.74, 6) is 4.18. The van der Waals surface area contributed by atoms with Gasteiger partial charge in [-0.05, 0) is 37.0 Å². The molecule has 1 fully saturated rings. The summed E-state index contributed by atoms with van der Waals surface area (Å²) in [4.78, 5) is 4.19. The van der Waals surface area contributed by atoms with Crippen molar-refractivity contribution in [1.29, 1.82) is 0 Å². The van der Waals surface area contributed by atoms with Crippen molar-refractivity contribution in [3.8, 4) is 0 Å². The molecule has 0 atom stereocenters. The molecule has 0 unspecified atom stereocenters. The highest BCUT2D eigenvalue weighted by Crippen LogP contribution is 2.34. The summed E-state index contributed by atoms with van der Waals surface area (Å²) in [5.41, 5.74) is 0.669. The van der Waals surface area contributed by atoms with Gasteiger partial charge in [-0.2, -0.15) is 0 Å². The second-order valence-corrected chi connectivity index (χ2v) is 6.33. The summed E-state index contributed by atoms with van der Waals surface area (Å²) >= 11 is 0. The number of rotatable bonds is 5. The minimum Gasteiger partial charge on any atom is -0.304 e. The highest BCUT2D eigenvalue weighted by Gasteiger charge is 2.38. The third-order valence-electron chi connectivity index (χ3n) is 2.77. The summed E-state index contributed by atoms with van der Waals surface area (Å²) in [6.07, 6.45) is 1.71. The largest absolute Gasteiger partial charge is 0.304 e. The average molecular weight is 259 g/mol. The molecular formula is C11H14FNO3S. The van der Waals surface area contributed by atoms with E-state index in [0.29, 0.717) is 24.8 Å². The molecule has 0 amide bonds. The van der Waals surface area contributed by atoms with E-state index < -0.39 is 20.9 Å². The smallest absolute Gasteiger partial charge is 0.184 e. The topological polar surface area (TPSA) is 69.4 Å². The minimum atomic E-state index is -3.46. The van der Waals surface area contributed by atoms with Crippen LogP contribution in [-0.2, 0) is 21.1 Å². The summed E-state index contributed by atoms with van der Waals surface area (Å²) in [5, 5.41) is -0.393. The molecule has 94 valence electrons. The van der Waals surface area contributed by atoms with Gasteiger partial charge in [0, 0.05) is 0 Å². The third kappa shape index (κ3) is 2.65. The summed E-state index contributed by atoms with van der Waals surface area (Å²) < 4.78 is 37.4. The van der Waals surface area contributed by atoms with Crippen molar-refractivity contribution >= 4 is 9.84 Å². The Morgan fingerprint density at radius 2 is 2.12 bits per heavy atom. The van der Waals surface area contributed by atoms with Gasteiger partial charge in [0.05, 0.1) is 11.9 Å². The van der Waals surface area contributed by atoms with Crippen LogP contribution >= 0.6 is 0 Å². The molecule has 1 aliphatic rings. The third-order valence-corrected chi connectivity index (χ3v) is 5.07. The average Bonchev–Trinajstić information content (AvgIpc) is 3.10. The van der Waals surface area contributed by atoms with Crippen LogP contribution in [0.4, 0.5) is 4.39 Å². The van der Waals surface area contributed by atoms with E-state index in [9.17, 15) is 12.8 Å². The second kappa shape index (κ2) is 4.72. The lowest BCUT2D eigenvalue weighted by Gasteiger charge is -2.06. The predicted octanol–water partition coefficient (Wildman–Crippen LogP) is 1.19. The lowest BCUT2D eigenvalue weighted by Crippen LogP contribution is -2.10. The highest BCUT2D eigenvalue weighted by atomic mass is 32.2. The Labute approximate surface area is 99.4 Å². The molecule has 1 aromatic rings. The molecule has 0 aliphatic heterocycles. The molecule has 17 heavy (non-hydrogen) atoms. The fraction of sp³-hybridized carbons (Fsp3) is 0.455. The molecule has 1 aromatic carbocycles. The molecule has 0 heterocycles.